The molecule has 0 aliphatic carbocycles. The van der Waals surface area contributed by atoms with Gasteiger partial charge in [-0.05, 0) is 42.7 Å². The minimum absolute atomic E-state index is 0.184. The van der Waals surface area contributed by atoms with Gasteiger partial charge in [0.1, 0.15) is 11.5 Å². The number of para-hydroxylation sites is 1. The summed E-state index contributed by atoms with van der Waals surface area (Å²) in [6.45, 7) is 4.42. The Hall–Kier alpha value is -3.02. The van der Waals surface area contributed by atoms with E-state index in [1.807, 2.05) is 38.1 Å². The number of rotatable bonds is 8. The van der Waals surface area contributed by atoms with E-state index in [1.54, 1.807) is 24.3 Å². The van der Waals surface area contributed by atoms with Gasteiger partial charge in [-0.3, -0.25) is 20.4 Å². The highest BCUT2D eigenvalue weighted by Gasteiger charge is 2.10. The summed E-state index contributed by atoms with van der Waals surface area (Å²) in [4.78, 5) is 24.0. The van der Waals surface area contributed by atoms with Crippen molar-refractivity contribution in [1.82, 2.24) is 10.9 Å². The number of hydrazine groups is 1. The lowest BCUT2D eigenvalue weighted by atomic mass is 10.1. The molecule has 0 unspecified atom stereocenters. The Kier molecular flexibility index (Phi) is 7.49. The van der Waals surface area contributed by atoms with E-state index in [0.29, 0.717) is 23.7 Å². The maximum atomic E-state index is 12.1. The quantitative estimate of drug-likeness (QED) is 0.713. The van der Waals surface area contributed by atoms with Crippen molar-refractivity contribution >= 4 is 11.8 Å². The molecule has 0 atom stereocenters. The molecule has 6 heteroatoms. The molecule has 6 nitrogen and oxygen atoms in total. The van der Waals surface area contributed by atoms with Gasteiger partial charge in [-0.25, -0.2) is 0 Å². The van der Waals surface area contributed by atoms with Crippen LogP contribution >= 0.6 is 0 Å². The lowest BCUT2D eigenvalue weighted by Crippen LogP contribution is -2.43. The van der Waals surface area contributed by atoms with Crippen molar-refractivity contribution in [3.63, 3.8) is 0 Å². The highest BCUT2D eigenvalue weighted by atomic mass is 16.5. The number of nitrogens with one attached hydrogen (secondary N) is 2. The van der Waals surface area contributed by atoms with Crippen LogP contribution in [0.2, 0.25) is 0 Å². The standard InChI is InChI=1S/C20H24N2O4/c1-3-12-25-17-10-7-9-16(13-17)20(24)22-21-19(23)14-26-18-11-6-5-8-15(18)4-2/h5-11,13H,3-4,12,14H2,1-2H3,(H,21,23)(H,22,24). The molecule has 0 bridgehead atoms. The van der Waals surface area contributed by atoms with Crippen LogP contribution in [0.3, 0.4) is 0 Å². The fourth-order valence-corrected chi connectivity index (χ4v) is 2.26. The molecule has 0 heterocycles. The van der Waals surface area contributed by atoms with E-state index in [0.717, 1.165) is 18.4 Å². The first kappa shape index (κ1) is 19.3. The van der Waals surface area contributed by atoms with E-state index in [1.165, 1.54) is 0 Å². The van der Waals surface area contributed by atoms with Gasteiger partial charge < -0.3 is 9.47 Å². The third-order valence-corrected chi connectivity index (χ3v) is 3.60. The molecule has 2 amide bonds. The second-order valence-electron chi connectivity index (χ2n) is 5.63. The number of carbonyl (C=O) groups is 2. The van der Waals surface area contributed by atoms with Crippen molar-refractivity contribution in [2.45, 2.75) is 26.7 Å². The van der Waals surface area contributed by atoms with Crippen molar-refractivity contribution in [2.24, 2.45) is 0 Å². The van der Waals surface area contributed by atoms with E-state index in [4.69, 9.17) is 9.47 Å². The van der Waals surface area contributed by atoms with Gasteiger partial charge in [0.05, 0.1) is 6.61 Å². The Morgan fingerprint density at radius 3 is 2.54 bits per heavy atom. The summed E-state index contributed by atoms with van der Waals surface area (Å²) in [6, 6.07) is 14.3. The molecule has 0 aliphatic rings. The molecular weight excluding hydrogens is 332 g/mol. The average molecular weight is 356 g/mol. The number of carbonyl (C=O) groups excluding carboxylic acids is 2. The van der Waals surface area contributed by atoms with Gasteiger partial charge in [-0.15, -0.1) is 0 Å². The first-order valence-corrected chi connectivity index (χ1v) is 8.66. The third kappa shape index (κ3) is 5.81. The van der Waals surface area contributed by atoms with Crippen molar-refractivity contribution in [3.05, 3.63) is 59.7 Å². The molecule has 0 spiro atoms. The Bertz CT molecular complexity index is 746. The molecule has 0 fully saturated rings. The van der Waals surface area contributed by atoms with Crippen LogP contribution in [0.25, 0.3) is 0 Å². The molecule has 0 saturated heterocycles. The summed E-state index contributed by atoms with van der Waals surface area (Å²) in [5.74, 6) is 0.416. The summed E-state index contributed by atoms with van der Waals surface area (Å²) >= 11 is 0. The van der Waals surface area contributed by atoms with Crippen LogP contribution in [0.4, 0.5) is 0 Å². The monoisotopic (exact) mass is 356 g/mol. The molecule has 2 N–H and O–H groups in total. The Balaban J connectivity index is 1.82. The maximum Gasteiger partial charge on any atom is 0.276 e. The SMILES string of the molecule is CCCOc1cccc(C(=O)NNC(=O)COc2ccccc2CC)c1. The van der Waals surface area contributed by atoms with E-state index in [9.17, 15) is 9.59 Å². The molecule has 0 aromatic heterocycles. The molecular formula is C20H24N2O4. The summed E-state index contributed by atoms with van der Waals surface area (Å²) in [6.07, 6.45) is 1.69. The number of amides is 2. The van der Waals surface area contributed by atoms with Gasteiger partial charge in [0.2, 0.25) is 0 Å². The topological polar surface area (TPSA) is 76.7 Å². The third-order valence-electron chi connectivity index (χ3n) is 3.60. The zero-order valence-electron chi connectivity index (χ0n) is 15.1. The number of hydrogen-bond donors (Lipinski definition) is 2. The van der Waals surface area contributed by atoms with Gasteiger partial charge in [0.25, 0.3) is 11.8 Å². The Morgan fingerprint density at radius 1 is 0.962 bits per heavy atom. The van der Waals surface area contributed by atoms with E-state index < -0.39 is 11.8 Å². The summed E-state index contributed by atoms with van der Waals surface area (Å²) in [7, 11) is 0. The van der Waals surface area contributed by atoms with Crippen LogP contribution in [0.5, 0.6) is 11.5 Å². The predicted octanol–water partition coefficient (Wildman–Crippen LogP) is 2.88. The smallest absolute Gasteiger partial charge is 0.276 e. The summed E-state index contributed by atoms with van der Waals surface area (Å²) < 4.78 is 11.0. The first-order chi connectivity index (χ1) is 12.6. The van der Waals surface area contributed by atoms with Gasteiger partial charge in [0, 0.05) is 5.56 Å². The van der Waals surface area contributed by atoms with E-state index in [2.05, 4.69) is 10.9 Å². The molecule has 0 saturated carbocycles. The van der Waals surface area contributed by atoms with Gasteiger partial charge in [-0.2, -0.15) is 0 Å². The van der Waals surface area contributed by atoms with Crippen molar-refractivity contribution in [2.75, 3.05) is 13.2 Å². The maximum absolute atomic E-state index is 12.1. The highest BCUT2D eigenvalue weighted by Crippen LogP contribution is 2.18. The second kappa shape index (κ2) is 10.1. The average Bonchev–Trinajstić information content (AvgIpc) is 2.69. The second-order valence-corrected chi connectivity index (χ2v) is 5.63. The minimum Gasteiger partial charge on any atom is -0.494 e. The van der Waals surface area contributed by atoms with Crippen LogP contribution in [-0.4, -0.2) is 25.0 Å². The zero-order valence-corrected chi connectivity index (χ0v) is 15.1. The van der Waals surface area contributed by atoms with Crippen LogP contribution < -0.4 is 20.3 Å². The van der Waals surface area contributed by atoms with Gasteiger partial charge in [-0.1, -0.05) is 38.1 Å². The predicted molar refractivity (Wildman–Crippen MR) is 99.2 cm³/mol. The zero-order chi connectivity index (χ0) is 18.8. The number of benzene rings is 2. The number of aryl methyl sites for hydroxylation is 1. The fourth-order valence-electron chi connectivity index (χ4n) is 2.26. The molecule has 2 rings (SSSR count). The largest absolute Gasteiger partial charge is 0.494 e. The molecule has 0 radical (unpaired) electrons. The van der Waals surface area contributed by atoms with Gasteiger partial charge >= 0.3 is 0 Å². The normalized spacial score (nSPS) is 10.1. The molecule has 26 heavy (non-hydrogen) atoms. The lowest BCUT2D eigenvalue weighted by Gasteiger charge is -2.11. The van der Waals surface area contributed by atoms with Crippen molar-refractivity contribution < 1.29 is 19.1 Å². The molecule has 2 aromatic rings. The fraction of sp³-hybridized carbons (Fsp3) is 0.300. The summed E-state index contributed by atoms with van der Waals surface area (Å²) in [5, 5.41) is 0. The highest BCUT2D eigenvalue weighted by molar-refractivity contribution is 5.95. The Labute approximate surface area is 153 Å². The first-order valence-electron chi connectivity index (χ1n) is 8.66. The van der Waals surface area contributed by atoms with E-state index >= 15 is 0 Å². The van der Waals surface area contributed by atoms with Crippen molar-refractivity contribution in [1.29, 1.82) is 0 Å². The number of ether oxygens (including phenoxy) is 2. The summed E-state index contributed by atoms with van der Waals surface area (Å²) in [5.41, 5.74) is 6.14. The minimum atomic E-state index is -0.442. The lowest BCUT2D eigenvalue weighted by molar-refractivity contribution is -0.123. The number of hydrogen-bond acceptors (Lipinski definition) is 4. The molecule has 2 aromatic carbocycles. The van der Waals surface area contributed by atoms with Gasteiger partial charge in [0.15, 0.2) is 6.61 Å². The molecule has 0 aliphatic heterocycles. The Morgan fingerprint density at radius 2 is 1.77 bits per heavy atom. The van der Waals surface area contributed by atoms with E-state index in [-0.39, 0.29) is 6.61 Å². The van der Waals surface area contributed by atoms with Crippen LogP contribution in [0, 0.1) is 0 Å². The van der Waals surface area contributed by atoms with Crippen LogP contribution in [-0.2, 0) is 11.2 Å². The van der Waals surface area contributed by atoms with Crippen LogP contribution in [0.1, 0.15) is 36.2 Å². The van der Waals surface area contributed by atoms with Crippen molar-refractivity contribution in [3.8, 4) is 11.5 Å². The molecule has 138 valence electrons. The van der Waals surface area contributed by atoms with Crippen LogP contribution in [0.15, 0.2) is 48.5 Å².